The van der Waals surface area contributed by atoms with E-state index in [0.717, 1.165) is 42.8 Å². The van der Waals surface area contributed by atoms with E-state index in [1.54, 1.807) is 27.2 Å². The van der Waals surface area contributed by atoms with Crippen molar-refractivity contribution in [3.8, 4) is 17.3 Å². The molecule has 2 aromatic rings. The highest BCUT2D eigenvalue weighted by Gasteiger charge is 2.28. The lowest BCUT2D eigenvalue weighted by Gasteiger charge is -2.32. The molecule has 3 atom stereocenters. The minimum atomic E-state index is -0.565. The van der Waals surface area contributed by atoms with Crippen LogP contribution in [0.15, 0.2) is 30.5 Å². The third-order valence-corrected chi connectivity index (χ3v) is 8.30. The minimum Gasteiger partial charge on any atom is -0.464 e. The molecule has 1 saturated carbocycles. The quantitative estimate of drug-likeness (QED) is 0.187. The van der Waals surface area contributed by atoms with E-state index in [2.05, 4.69) is 33.9 Å². The van der Waals surface area contributed by atoms with Crippen molar-refractivity contribution in [2.24, 2.45) is 5.41 Å². The molecule has 1 unspecified atom stereocenters. The number of pyridine rings is 2. The maximum Gasteiger partial charge on any atom is 0.334 e. The second-order valence-corrected chi connectivity index (χ2v) is 11.7. The molecule has 0 saturated heterocycles. The van der Waals surface area contributed by atoms with Crippen molar-refractivity contribution < 1.29 is 19.0 Å². The Labute approximate surface area is 261 Å². The van der Waals surface area contributed by atoms with Crippen LogP contribution in [0, 0.1) is 16.7 Å². The van der Waals surface area contributed by atoms with Crippen LogP contribution in [0.4, 0.5) is 11.6 Å². The molecule has 236 valence electrons. The average Bonchev–Trinajstić information content (AvgIpc) is 3.02. The number of carbonyl (C=O) groups excluding carboxylic acids is 1. The summed E-state index contributed by atoms with van der Waals surface area (Å²) >= 11 is 6.57. The first kappa shape index (κ1) is 34.5. The normalized spacial score (nSPS) is 19.5. The molecule has 2 heterocycles. The van der Waals surface area contributed by atoms with Crippen LogP contribution in [0.25, 0.3) is 11.3 Å². The van der Waals surface area contributed by atoms with E-state index < -0.39 is 11.5 Å². The number of rotatable bonds is 17. The molecule has 0 radical (unpaired) electrons. The molecule has 11 heteroatoms. The van der Waals surface area contributed by atoms with Crippen LogP contribution in [0.1, 0.15) is 66.2 Å². The van der Waals surface area contributed by atoms with Gasteiger partial charge in [-0.3, -0.25) is 0 Å². The highest BCUT2D eigenvalue weighted by Crippen LogP contribution is 2.31. The molecular weight excluding hydrogens is 568 g/mol. The van der Waals surface area contributed by atoms with Gasteiger partial charge in [-0.25, -0.2) is 14.8 Å². The number of hydrogen-bond donors (Lipinski definition) is 3. The third kappa shape index (κ3) is 10.6. The number of methoxy groups -OCH3 is 1. The van der Waals surface area contributed by atoms with Gasteiger partial charge in [-0.15, -0.1) is 0 Å². The van der Waals surface area contributed by atoms with Crippen LogP contribution in [0.2, 0.25) is 5.02 Å². The summed E-state index contributed by atoms with van der Waals surface area (Å²) in [6.07, 6.45) is 6.52. The second-order valence-electron chi connectivity index (χ2n) is 11.3. The van der Waals surface area contributed by atoms with E-state index in [-0.39, 0.29) is 12.0 Å². The SMILES string of the molecule is CCOC(=O)[C@H](C)OC[C@H](C)NC1CCC(Nc2cc(-c3cccc(NCC(C#N)(CC)CCOC)n3)c(Cl)cn2)CC1. The number of nitriles is 1. The zero-order valence-corrected chi connectivity index (χ0v) is 26.9. The van der Waals surface area contributed by atoms with Crippen LogP contribution in [0.5, 0.6) is 0 Å². The van der Waals surface area contributed by atoms with Crippen molar-refractivity contribution in [1.29, 1.82) is 5.26 Å². The fourth-order valence-corrected chi connectivity index (χ4v) is 5.40. The summed E-state index contributed by atoms with van der Waals surface area (Å²) in [4.78, 5) is 21.1. The first-order valence-electron chi connectivity index (χ1n) is 15.3. The Morgan fingerprint density at radius 2 is 1.93 bits per heavy atom. The molecule has 10 nitrogen and oxygen atoms in total. The molecule has 0 spiro atoms. The number of aromatic nitrogens is 2. The summed E-state index contributed by atoms with van der Waals surface area (Å²) in [6, 6.07) is 11.0. The number of nitrogens with one attached hydrogen (secondary N) is 3. The summed E-state index contributed by atoms with van der Waals surface area (Å²) in [6.45, 7) is 9.42. The average molecular weight is 615 g/mol. The third-order valence-electron chi connectivity index (χ3n) is 8.00. The van der Waals surface area contributed by atoms with Crippen LogP contribution in [0.3, 0.4) is 0 Å². The molecule has 0 amide bonds. The van der Waals surface area contributed by atoms with Gasteiger partial charge < -0.3 is 30.2 Å². The van der Waals surface area contributed by atoms with Crippen molar-refractivity contribution in [3.63, 3.8) is 0 Å². The summed E-state index contributed by atoms with van der Waals surface area (Å²) in [7, 11) is 1.65. The number of carbonyl (C=O) groups is 1. The summed E-state index contributed by atoms with van der Waals surface area (Å²) in [5.74, 6) is 1.12. The lowest BCUT2D eigenvalue weighted by Crippen LogP contribution is -2.43. The van der Waals surface area contributed by atoms with Crippen molar-refractivity contribution in [1.82, 2.24) is 15.3 Å². The Morgan fingerprint density at radius 1 is 1.19 bits per heavy atom. The number of hydrogen-bond acceptors (Lipinski definition) is 10. The van der Waals surface area contributed by atoms with E-state index in [1.165, 1.54) is 0 Å². The van der Waals surface area contributed by atoms with E-state index >= 15 is 0 Å². The zero-order valence-electron chi connectivity index (χ0n) is 26.1. The highest BCUT2D eigenvalue weighted by atomic mass is 35.5. The van der Waals surface area contributed by atoms with Gasteiger partial charge in [-0.05, 0) is 77.5 Å². The maximum atomic E-state index is 11.8. The molecule has 3 rings (SSSR count). The van der Waals surface area contributed by atoms with E-state index in [9.17, 15) is 10.1 Å². The van der Waals surface area contributed by atoms with Gasteiger partial charge in [-0.1, -0.05) is 24.6 Å². The number of ether oxygens (including phenoxy) is 3. The second kappa shape index (κ2) is 17.4. The van der Waals surface area contributed by atoms with Gasteiger partial charge in [0.1, 0.15) is 11.6 Å². The van der Waals surface area contributed by atoms with Gasteiger partial charge in [-0.2, -0.15) is 5.26 Å². The number of halogens is 1. The monoisotopic (exact) mass is 614 g/mol. The molecule has 1 aliphatic carbocycles. The summed E-state index contributed by atoms with van der Waals surface area (Å²) < 4.78 is 15.9. The van der Waals surface area contributed by atoms with Crippen LogP contribution in [-0.2, 0) is 19.0 Å². The predicted octanol–water partition coefficient (Wildman–Crippen LogP) is 5.83. The van der Waals surface area contributed by atoms with Gasteiger partial charge in [0.15, 0.2) is 6.10 Å². The smallest absolute Gasteiger partial charge is 0.334 e. The van der Waals surface area contributed by atoms with Crippen LogP contribution >= 0.6 is 11.6 Å². The molecule has 0 aliphatic heterocycles. The van der Waals surface area contributed by atoms with Crippen LogP contribution < -0.4 is 16.0 Å². The molecule has 0 aromatic carbocycles. The standard InChI is InChI=1S/C32H47ClN6O4/c1-6-32(20-34,15-16-41-5)21-36-29-10-8-9-28(39-29)26-17-30(35-18-27(26)33)38-25-13-11-24(12-14-25)37-22(3)19-43-23(4)31(40)42-7-2/h8-10,17-18,22-25,37H,6-7,11-16,19,21H2,1-5H3,(H,35,38)(H,36,39)/t22-,23-,24?,25?,32?/m0/s1. The first-order chi connectivity index (χ1) is 20.7. The fourth-order valence-electron chi connectivity index (χ4n) is 5.20. The van der Waals surface area contributed by atoms with Gasteiger partial charge in [0.25, 0.3) is 0 Å². The largest absolute Gasteiger partial charge is 0.464 e. The van der Waals surface area contributed by atoms with Gasteiger partial charge >= 0.3 is 5.97 Å². The minimum absolute atomic E-state index is 0.133. The van der Waals surface area contributed by atoms with Crippen molar-refractivity contribution in [3.05, 3.63) is 35.5 Å². The fraction of sp³-hybridized carbons (Fsp3) is 0.625. The Hall–Kier alpha value is -2.97. The van der Waals surface area contributed by atoms with E-state index in [1.807, 2.05) is 31.2 Å². The molecule has 3 N–H and O–H groups in total. The predicted molar refractivity (Wildman–Crippen MR) is 170 cm³/mol. The lowest BCUT2D eigenvalue weighted by atomic mass is 9.83. The Morgan fingerprint density at radius 3 is 2.60 bits per heavy atom. The molecule has 1 aliphatic rings. The summed E-state index contributed by atoms with van der Waals surface area (Å²) in [5.41, 5.74) is 1.01. The Kier molecular flexibility index (Phi) is 13.9. The van der Waals surface area contributed by atoms with E-state index in [0.29, 0.717) is 62.1 Å². The van der Waals surface area contributed by atoms with Crippen LogP contribution in [-0.4, -0.2) is 73.6 Å². The summed E-state index contributed by atoms with van der Waals surface area (Å²) in [5, 5.41) is 20.9. The van der Waals surface area contributed by atoms with Crippen molar-refractivity contribution in [2.75, 3.05) is 44.1 Å². The zero-order chi connectivity index (χ0) is 31.2. The number of anilines is 2. The van der Waals surface area contributed by atoms with Gasteiger partial charge in [0, 0.05) is 50.1 Å². The lowest BCUT2D eigenvalue weighted by molar-refractivity contribution is -0.155. The first-order valence-corrected chi connectivity index (χ1v) is 15.7. The highest BCUT2D eigenvalue weighted by molar-refractivity contribution is 6.33. The van der Waals surface area contributed by atoms with E-state index in [4.69, 9.17) is 30.8 Å². The molecule has 43 heavy (non-hydrogen) atoms. The van der Waals surface area contributed by atoms with Crippen molar-refractivity contribution in [2.45, 2.75) is 90.4 Å². The molecule has 2 aromatic heterocycles. The molecular formula is C32H47ClN6O4. The van der Waals surface area contributed by atoms with Gasteiger partial charge in [0.05, 0.1) is 35.4 Å². The topological polar surface area (TPSA) is 130 Å². The number of nitrogens with zero attached hydrogens (tertiary/aromatic N) is 3. The molecule has 0 bridgehead atoms. The molecule has 1 fully saturated rings. The Bertz CT molecular complexity index is 1200. The number of esters is 1. The van der Waals surface area contributed by atoms with Gasteiger partial charge in [0.2, 0.25) is 0 Å². The maximum absolute atomic E-state index is 11.8. The Balaban J connectivity index is 1.54. The van der Waals surface area contributed by atoms with Crippen molar-refractivity contribution >= 4 is 29.2 Å².